The summed E-state index contributed by atoms with van der Waals surface area (Å²) in [5.74, 6) is -1.66. The molecule has 1 amide bonds. The number of carbonyl (C=O) groups excluding carboxylic acids is 1. The van der Waals surface area contributed by atoms with E-state index in [4.69, 9.17) is 10.4 Å². The lowest BCUT2D eigenvalue weighted by atomic mass is 10.0. The predicted octanol–water partition coefficient (Wildman–Crippen LogP) is 0.516. The van der Waals surface area contributed by atoms with Gasteiger partial charge in [-0.1, -0.05) is 0 Å². The lowest BCUT2D eigenvalue weighted by molar-refractivity contribution is -0.142. The van der Waals surface area contributed by atoms with E-state index in [1.807, 2.05) is 6.07 Å². The third-order valence-corrected chi connectivity index (χ3v) is 2.37. The molecule has 0 saturated heterocycles. The molecule has 0 radical (unpaired) electrons. The summed E-state index contributed by atoms with van der Waals surface area (Å²) in [6.45, 7) is 1.64. The van der Waals surface area contributed by atoms with Gasteiger partial charge in [-0.2, -0.15) is 5.26 Å². The molecule has 2 N–H and O–H groups in total. The van der Waals surface area contributed by atoms with Gasteiger partial charge in [-0.3, -0.25) is 4.79 Å². The van der Waals surface area contributed by atoms with Gasteiger partial charge in [-0.15, -0.1) is 0 Å². The lowest BCUT2D eigenvalue weighted by Gasteiger charge is -2.14. The summed E-state index contributed by atoms with van der Waals surface area (Å²) < 4.78 is 0. The molecule has 0 aromatic carbocycles. The Morgan fingerprint density at radius 1 is 1.60 bits per heavy atom. The number of nitrogens with one attached hydrogen (secondary N) is 1. The number of hydrogen-bond donors (Lipinski definition) is 2. The lowest BCUT2D eigenvalue weighted by Crippen LogP contribution is -2.42. The van der Waals surface area contributed by atoms with Gasteiger partial charge in [0.25, 0.3) is 0 Å². The average molecular weight is 210 g/mol. The number of carboxylic acids is 1. The summed E-state index contributed by atoms with van der Waals surface area (Å²) >= 11 is 0. The molecule has 1 aliphatic rings. The molecule has 15 heavy (non-hydrogen) atoms. The van der Waals surface area contributed by atoms with Gasteiger partial charge in [0, 0.05) is 11.8 Å². The third kappa shape index (κ3) is 3.58. The van der Waals surface area contributed by atoms with Crippen LogP contribution in [0.2, 0.25) is 0 Å². The highest BCUT2D eigenvalue weighted by molar-refractivity contribution is 5.86. The summed E-state index contributed by atoms with van der Waals surface area (Å²) in [4.78, 5) is 22.1. The standard InChI is InChI=1S/C10H14N2O3/c1-6(5-11)4-8(10(14)15)12-9(13)7-2-3-7/h6-8H,2-4H2,1H3,(H,12,13)(H,14,15)/t6-,8-/m0/s1. The first-order valence-electron chi connectivity index (χ1n) is 4.97. The Kier molecular flexibility index (Phi) is 3.67. The SMILES string of the molecule is C[C@H](C#N)C[C@H](NC(=O)C1CC1)C(=O)O. The minimum Gasteiger partial charge on any atom is -0.480 e. The molecule has 0 aromatic heterocycles. The highest BCUT2D eigenvalue weighted by Crippen LogP contribution is 2.29. The second-order valence-corrected chi connectivity index (χ2v) is 3.94. The van der Waals surface area contributed by atoms with Gasteiger partial charge in [0.15, 0.2) is 0 Å². The molecule has 0 aromatic rings. The van der Waals surface area contributed by atoms with Crippen LogP contribution in [-0.2, 0) is 9.59 Å². The fraction of sp³-hybridized carbons (Fsp3) is 0.700. The molecule has 0 spiro atoms. The van der Waals surface area contributed by atoms with Gasteiger partial charge in [0.2, 0.25) is 5.91 Å². The van der Waals surface area contributed by atoms with Crippen LogP contribution in [-0.4, -0.2) is 23.0 Å². The van der Waals surface area contributed by atoms with Crippen LogP contribution in [0.15, 0.2) is 0 Å². The minimum absolute atomic E-state index is 0.00996. The largest absolute Gasteiger partial charge is 0.480 e. The normalized spacial score (nSPS) is 18.7. The average Bonchev–Trinajstić information content (AvgIpc) is 2.99. The first kappa shape index (κ1) is 11.5. The van der Waals surface area contributed by atoms with Crippen molar-refractivity contribution in [1.29, 1.82) is 5.26 Å². The quantitative estimate of drug-likeness (QED) is 0.692. The van der Waals surface area contributed by atoms with E-state index >= 15 is 0 Å². The predicted molar refractivity (Wildman–Crippen MR) is 51.7 cm³/mol. The van der Waals surface area contributed by atoms with Crippen molar-refractivity contribution in [2.75, 3.05) is 0 Å². The molecular formula is C10H14N2O3. The molecule has 0 aliphatic heterocycles. The number of nitriles is 1. The van der Waals surface area contributed by atoms with E-state index in [-0.39, 0.29) is 24.2 Å². The van der Waals surface area contributed by atoms with Crippen LogP contribution in [0.1, 0.15) is 26.2 Å². The Morgan fingerprint density at radius 2 is 2.20 bits per heavy atom. The highest BCUT2D eigenvalue weighted by Gasteiger charge is 2.32. The first-order valence-corrected chi connectivity index (χ1v) is 4.97. The van der Waals surface area contributed by atoms with Crippen molar-refractivity contribution >= 4 is 11.9 Å². The van der Waals surface area contributed by atoms with Gasteiger partial charge >= 0.3 is 5.97 Å². The fourth-order valence-electron chi connectivity index (χ4n) is 1.26. The molecule has 1 rings (SSSR count). The van der Waals surface area contributed by atoms with Crippen LogP contribution in [0.3, 0.4) is 0 Å². The molecule has 5 heteroatoms. The number of rotatable bonds is 5. The number of hydrogen-bond acceptors (Lipinski definition) is 3. The van der Waals surface area contributed by atoms with E-state index in [2.05, 4.69) is 5.32 Å². The van der Waals surface area contributed by atoms with E-state index in [0.29, 0.717) is 0 Å². The Morgan fingerprint density at radius 3 is 2.60 bits per heavy atom. The van der Waals surface area contributed by atoms with Crippen LogP contribution < -0.4 is 5.32 Å². The van der Waals surface area contributed by atoms with Crippen LogP contribution in [0.4, 0.5) is 0 Å². The zero-order valence-corrected chi connectivity index (χ0v) is 8.56. The van der Waals surface area contributed by atoms with Gasteiger partial charge in [-0.25, -0.2) is 4.79 Å². The summed E-state index contributed by atoms with van der Waals surface area (Å²) in [6.07, 6.45) is 1.84. The van der Waals surface area contributed by atoms with Crippen LogP contribution in [0.25, 0.3) is 0 Å². The molecule has 2 atom stereocenters. The van der Waals surface area contributed by atoms with Crippen molar-refractivity contribution in [2.45, 2.75) is 32.2 Å². The van der Waals surface area contributed by atoms with Crippen molar-refractivity contribution < 1.29 is 14.7 Å². The van der Waals surface area contributed by atoms with E-state index < -0.39 is 12.0 Å². The summed E-state index contributed by atoms with van der Waals surface area (Å²) in [6, 6.07) is 1.02. The van der Waals surface area contributed by atoms with Gasteiger partial charge in [-0.05, 0) is 26.2 Å². The second kappa shape index (κ2) is 4.78. The van der Waals surface area contributed by atoms with E-state index in [1.165, 1.54) is 0 Å². The highest BCUT2D eigenvalue weighted by atomic mass is 16.4. The zero-order chi connectivity index (χ0) is 11.4. The van der Waals surface area contributed by atoms with E-state index in [1.54, 1.807) is 6.92 Å². The van der Waals surface area contributed by atoms with Crippen LogP contribution in [0, 0.1) is 23.2 Å². The Hall–Kier alpha value is -1.57. The number of carbonyl (C=O) groups is 2. The van der Waals surface area contributed by atoms with Crippen LogP contribution >= 0.6 is 0 Å². The smallest absolute Gasteiger partial charge is 0.326 e. The van der Waals surface area contributed by atoms with Crippen molar-refractivity contribution in [3.8, 4) is 6.07 Å². The molecule has 5 nitrogen and oxygen atoms in total. The third-order valence-electron chi connectivity index (χ3n) is 2.37. The molecular weight excluding hydrogens is 196 g/mol. The second-order valence-electron chi connectivity index (χ2n) is 3.94. The molecule has 1 saturated carbocycles. The van der Waals surface area contributed by atoms with E-state index in [0.717, 1.165) is 12.8 Å². The van der Waals surface area contributed by atoms with Crippen molar-refractivity contribution in [1.82, 2.24) is 5.32 Å². The number of nitrogens with zero attached hydrogens (tertiary/aromatic N) is 1. The number of aliphatic carboxylic acids is 1. The summed E-state index contributed by atoms with van der Waals surface area (Å²) in [7, 11) is 0. The number of amides is 1. The Labute approximate surface area is 88.1 Å². The van der Waals surface area contributed by atoms with E-state index in [9.17, 15) is 9.59 Å². The maximum absolute atomic E-state index is 11.3. The van der Waals surface area contributed by atoms with Crippen molar-refractivity contribution in [2.24, 2.45) is 11.8 Å². The molecule has 0 bridgehead atoms. The maximum atomic E-state index is 11.3. The fourth-order valence-corrected chi connectivity index (χ4v) is 1.26. The minimum atomic E-state index is -1.08. The Bertz CT molecular complexity index is 304. The molecule has 0 unspecified atom stereocenters. The molecule has 1 fully saturated rings. The van der Waals surface area contributed by atoms with Gasteiger partial charge in [0.1, 0.15) is 6.04 Å². The molecule has 0 heterocycles. The van der Waals surface area contributed by atoms with Crippen LogP contribution in [0.5, 0.6) is 0 Å². The zero-order valence-electron chi connectivity index (χ0n) is 8.56. The Balaban J connectivity index is 2.46. The summed E-state index contributed by atoms with van der Waals surface area (Å²) in [5, 5.41) is 19.9. The maximum Gasteiger partial charge on any atom is 0.326 e. The van der Waals surface area contributed by atoms with Gasteiger partial charge < -0.3 is 10.4 Å². The first-order chi connectivity index (χ1) is 7.04. The van der Waals surface area contributed by atoms with Crippen molar-refractivity contribution in [3.63, 3.8) is 0 Å². The monoisotopic (exact) mass is 210 g/mol. The molecule has 1 aliphatic carbocycles. The molecule has 82 valence electrons. The van der Waals surface area contributed by atoms with Gasteiger partial charge in [0.05, 0.1) is 6.07 Å². The topological polar surface area (TPSA) is 90.2 Å². The van der Waals surface area contributed by atoms with Crippen molar-refractivity contribution in [3.05, 3.63) is 0 Å². The summed E-state index contributed by atoms with van der Waals surface area (Å²) in [5.41, 5.74) is 0. The number of carboxylic acid groups (broad SMARTS) is 1.